The first-order valence-corrected chi connectivity index (χ1v) is 8.21. The molecule has 0 bridgehead atoms. The van der Waals surface area contributed by atoms with Crippen LogP contribution in [0.3, 0.4) is 0 Å². The van der Waals surface area contributed by atoms with E-state index in [2.05, 4.69) is 25.1 Å². The summed E-state index contributed by atoms with van der Waals surface area (Å²) in [6.45, 7) is 3.89. The van der Waals surface area contributed by atoms with Gasteiger partial charge in [-0.1, -0.05) is 11.6 Å². The highest BCUT2D eigenvalue weighted by Gasteiger charge is 2.20. The van der Waals surface area contributed by atoms with E-state index in [-0.39, 0.29) is 11.3 Å². The van der Waals surface area contributed by atoms with Crippen LogP contribution in [0.4, 0.5) is 8.78 Å². The van der Waals surface area contributed by atoms with Crippen LogP contribution in [0, 0.1) is 6.92 Å². The number of benzene rings is 1. The SMILES string of the molecule is Cc1cc(Cl)c(Br)c(C=NS(=O)C(C)(C)C)c1OC(F)F. The van der Waals surface area contributed by atoms with Gasteiger partial charge in [0.15, 0.2) is 0 Å². The number of nitrogens with zero attached hydrogens (tertiary/aromatic N) is 1. The lowest BCUT2D eigenvalue weighted by molar-refractivity contribution is -0.0504. The number of hydrogen-bond donors (Lipinski definition) is 0. The van der Waals surface area contributed by atoms with Gasteiger partial charge >= 0.3 is 6.61 Å². The largest absolute Gasteiger partial charge is 0.434 e. The third kappa shape index (κ3) is 5.00. The van der Waals surface area contributed by atoms with Gasteiger partial charge in [0.25, 0.3) is 0 Å². The van der Waals surface area contributed by atoms with E-state index in [9.17, 15) is 13.0 Å². The van der Waals surface area contributed by atoms with Crippen LogP contribution in [0.2, 0.25) is 5.02 Å². The number of hydrogen-bond acceptors (Lipinski definition) is 2. The van der Waals surface area contributed by atoms with Gasteiger partial charge in [-0.2, -0.15) is 13.2 Å². The standard InChI is InChI=1S/C13H15BrClF2NO2S/c1-7-5-9(15)10(14)8(11(7)20-12(16)17)6-18-21(19)13(2,3)4/h5-6,12H,1-4H3. The number of rotatable bonds is 4. The van der Waals surface area contributed by atoms with Crippen LogP contribution in [0.25, 0.3) is 0 Å². The second kappa shape index (κ2) is 7.15. The highest BCUT2D eigenvalue weighted by Crippen LogP contribution is 2.36. The molecule has 1 aromatic rings. The van der Waals surface area contributed by atoms with Crippen molar-refractivity contribution in [3.63, 3.8) is 0 Å². The zero-order valence-corrected chi connectivity index (χ0v) is 15.1. The number of alkyl halides is 2. The Balaban J connectivity index is 3.33. The lowest BCUT2D eigenvalue weighted by atomic mass is 10.1. The zero-order chi connectivity index (χ0) is 16.4. The molecule has 0 heterocycles. The molecule has 0 aliphatic rings. The summed E-state index contributed by atoms with van der Waals surface area (Å²) < 4.78 is 45.2. The normalized spacial score (nSPS) is 14.0. The first-order chi connectivity index (χ1) is 9.54. The summed E-state index contributed by atoms with van der Waals surface area (Å²) in [6, 6.07) is 1.50. The number of ether oxygens (including phenoxy) is 1. The molecule has 0 fully saturated rings. The Kier molecular flexibility index (Phi) is 6.31. The monoisotopic (exact) mass is 401 g/mol. The second-order valence-electron chi connectivity index (χ2n) is 5.21. The third-order valence-corrected chi connectivity index (χ3v) is 5.13. The molecule has 1 atom stereocenters. The number of halogens is 4. The van der Waals surface area contributed by atoms with Crippen molar-refractivity contribution in [3.05, 3.63) is 26.7 Å². The Morgan fingerprint density at radius 3 is 2.52 bits per heavy atom. The van der Waals surface area contributed by atoms with Gasteiger partial charge in [0.1, 0.15) is 16.7 Å². The van der Waals surface area contributed by atoms with E-state index in [1.165, 1.54) is 12.3 Å². The Morgan fingerprint density at radius 1 is 1.48 bits per heavy atom. The summed E-state index contributed by atoms with van der Waals surface area (Å²) in [5, 5.41) is 0.331. The minimum Gasteiger partial charge on any atom is -0.434 e. The molecule has 21 heavy (non-hydrogen) atoms. The van der Waals surface area contributed by atoms with E-state index < -0.39 is 22.3 Å². The third-order valence-electron chi connectivity index (χ3n) is 2.40. The molecule has 1 aromatic carbocycles. The molecule has 0 spiro atoms. The van der Waals surface area contributed by atoms with Crippen molar-refractivity contribution in [2.24, 2.45) is 4.40 Å². The molecule has 0 radical (unpaired) electrons. The topological polar surface area (TPSA) is 38.7 Å². The highest BCUT2D eigenvalue weighted by atomic mass is 79.9. The Labute approximate surface area is 138 Å². The van der Waals surface area contributed by atoms with Crippen molar-refractivity contribution in [2.45, 2.75) is 39.1 Å². The molecule has 3 nitrogen and oxygen atoms in total. The smallest absolute Gasteiger partial charge is 0.387 e. The Bertz CT molecular complexity index is 589. The average molecular weight is 403 g/mol. The van der Waals surface area contributed by atoms with Gasteiger partial charge in [-0.25, -0.2) is 4.21 Å². The van der Waals surface area contributed by atoms with Crippen LogP contribution in [0.1, 0.15) is 31.9 Å². The maximum atomic E-state index is 12.5. The summed E-state index contributed by atoms with van der Waals surface area (Å²) in [4.78, 5) is 0. The molecule has 8 heteroatoms. The molecule has 0 aliphatic heterocycles. The van der Waals surface area contributed by atoms with Gasteiger partial charge in [-0.15, -0.1) is 0 Å². The molecule has 0 aromatic heterocycles. The molecule has 1 rings (SSSR count). The predicted molar refractivity (Wildman–Crippen MR) is 86.0 cm³/mol. The number of aryl methyl sites for hydroxylation is 1. The van der Waals surface area contributed by atoms with E-state index in [1.807, 2.05) is 0 Å². The Hall–Kier alpha value is -0.530. The van der Waals surface area contributed by atoms with Crippen molar-refractivity contribution in [1.29, 1.82) is 0 Å². The Morgan fingerprint density at radius 2 is 2.05 bits per heavy atom. The lowest BCUT2D eigenvalue weighted by Gasteiger charge is -2.15. The van der Waals surface area contributed by atoms with Gasteiger partial charge in [0, 0.05) is 10.7 Å². The predicted octanol–water partition coefficient (Wildman–Crippen LogP) is 4.89. The van der Waals surface area contributed by atoms with Crippen LogP contribution >= 0.6 is 27.5 Å². The van der Waals surface area contributed by atoms with Crippen LogP contribution in [-0.4, -0.2) is 21.8 Å². The fourth-order valence-electron chi connectivity index (χ4n) is 1.38. The fourth-order valence-corrected chi connectivity index (χ4v) is 2.56. The van der Waals surface area contributed by atoms with Crippen molar-refractivity contribution in [3.8, 4) is 5.75 Å². The molecule has 118 valence electrons. The molecule has 0 N–H and O–H groups in total. The maximum Gasteiger partial charge on any atom is 0.387 e. The minimum atomic E-state index is -2.97. The maximum absolute atomic E-state index is 12.5. The molecular weight excluding hydrogens is 388 g/mol. The quantitative estimate of drug-likeness (QED) is 0.672. The first-order valence-electron chi connectivity index (χ1n) is 5.93. The molecule has 0 saturated carbocycles. The van der Waals surface area contributed by atoms with Gasteiger partial charge in [0.05, 0.1) is 15.3 Å². The van der Waals surface area contributed by atoms with Gasteiger partial charge in [-0.3, -0.25) is 0 Å². The van der Waals surface area contributed by atoms with Gasteiger partial charge in [0.2, 0.25) is 0 Å². The van der Waals surface area contributed by atoms with E-state index >= 15 is 0 Å². The first kappa shape index (κ1) is 18.5. The molecular formula is C13H15BrClF2NO2S. The summed E-state index contributed by atoms with van der Waals surface area (Å²) in [7, 11) is -1.52. The van der Waals surface area contributed by atoms with Crippen molar-refractivity contribution in [2.75, 3.05) is 0 Å². The molecule has 0 amide bonds. The molecule has 0 saturated heterocycles. The van der Waals surface area contributed by atoms with E-state index in [1.54, 1.807) is 27.7 Å². The van der Waals surface area contributed by atoms with Crippen LogP contribution in [0.15, 0.2) is 14.9 Å². The van der Waals surface area contributed by atoms with Crippen molar-refractivity contribution >= 4 is 44.7 Å². The summed E-state index contributed by atoms with van der Waals surface area (Å²) in [6.07, 6.45) is 1.24. The van der Waals surface area contributed by atoms with E-state index in [0.717, 1.165) is 0 Å². The van der Waals surface area contributed by atoms with E-state index in [0.29, 0.717) is 15.1 Å². The summed E-state index contributed by atoms with van der Waals surface area (Å²) in [5.74, 6) is -0.0454. The van der Waals surface area contributed by atoms with Crippen molar-refractivity contribution in [1.82, 2.24) is 0 Å². The minimum absolute atomic E-state index is 0.0454. The van der Waals surface area contributed by atoms with Crippen LogP contribution in [-0.2, 0) is 11.0 Å². The summed E-state index contributed by atoms with van der Waals surface area (Å²) >= 11 is 9.21. The average Bonchev–Trinajstić information content (AvgIpc) is 2.33. The highest BCUT2D eigenvalue weighted by molar-refractivity contribution is 9.10. The molecule has 1 unspecified atom stereocenters. The molecule has 0 aliphatic carbocycles. The second-order valence-corrected chi connectivity index (χ2v) is 8.34. The zero-order valence-electron chi connectivity index (χ0n) is 11.9. The van der Waals surface area contributed by atoms with Gasteiger partial charge in [-0.05, 0) is 55.3 Å². The van der Waals surface area contributed by atoms with Gasteiger partial charge < -0.3 is 4.74 Å². The van der Waals surface area contributed by atoms with Crippen LogP contribution < -0.4 is 4.74 Å². The van der Waals surface area contributed by atoms with Crippen molar-refractivity contribution < 1.29 is 17.7 Å². The lowest BCUT2D eigenvalue weighted by Crippen LogP contribution is -2.19. The van der Waals surface area contributed by atoms with E-state index in [4.69, 9.17) is 11.6 Å². The summed E-state index contributed by atoms with van der Waals surface area (Å²) in [5.41, 5.74) is 0.671. The fraction of sp³-hybridized carbons (Fsp3) is 0.462. The van der Waals surface area contributed by atoms with Crippen LogP contribution in [0.5, 0.6) is 5.75 Å².